The van der Waals surface area contributed by atoms with E-state index in [1.54, 1.807) is 24.3 Å². The van der Waals surface area contributed by atoms with Crippen molar-refractivity contribution >= 4 is 11.9 Å². The summed E-state index contributed by atoms with van der Waals surface area (Å²) in [7, 11) is 1.31. The summed E-state index contributed by atoms with van der Waals surface area (Å²) >= 11 is 0. The van der Waals surface area contributed by atoms with Gasteiger partial charge in [0.2, 0.25) is 11.6 Å². The molecule has 0 saturated carbocycles. The zero-order valence-corrected chi connectivity index (χ0v) is 21.3. The molecule has 0 aliphatic heterocycles. The number of carbonyl (C=O) groups is 2. The van der Waals surface area contributed by atoms with E-state index in [9.17, 15) is 9.59 Å². The smallest absolute Gasteiger partial charge is 0.311 e. The van der Waals surface area contributed by atoms with Gasteiger partial charge in [0.05, 0.1) is 7.11 Å². The number of esters is 2. The SMILES string of the molecule is COC(=O)CCCC(=O)Oc1cccc(-c2noc(-c3cccc(-c4nc(-c5cccc(C)c5)no4)c3)n2)c1. The van der Waals surface area contributed by atoms with Crippen LogP contribution in [0.2, 0.25) is 0 Å². The molecule has 0 amide bonds. The molecule has 10 nitrogen and oxygen atoms in total. The Morgan fingerprint density at radius 1 is 0.718 bits per heavy atom. The molecule has 0 aliphatic rings. The van der Waals surface area contributed by atoms with Crippen molar-refractivity contribution in [1.29, 1.82) is 0 Å². The number of hydrogen-bond donors (Lipinski definition) is 0. The molecule has 5 aromatic rings. The van der Waals surface area contributed by atoms with Gasteiger partial charge in [-0.05, 0) is 49.7 Å². The second kappa shape index (κ2) is 11.5. The molecular weight excluding hydrogens is 500 g/mol. The van der Waals surface area contributed by atoms with Crippen LogP contribution < -0.4 is 4.74 Å². The molecule has 0 spiro atoms. The van der Waals surface area contributed by atoms with Crippen LogP contribution in [0.25, 0.3) is 45.7 Å². The highest BCUT2D eigenvalue weighted by Gasteiger charge is 2.16. The van der Waals surface area contributed by atoms with Crippen molar-refractivity contribution in [2.45, 2.75) is 26.2 Å². The first-order valence-corrected chi connectivity index (χ1v) is 12.2. The molecule has 0 bridgehead atoms. The Bertz CT molecular complexity index is 1620. The Morgan fingerprint density at radius 3 is 1.92 bits per heavy atom. The Kier molecular flexibility index (Phi) is 7.53. The molecule has 3 aromatic carbocycles. The quantitative estimate of drug-likeness (QED) is 0.175. The first-order chi connectivity index (χ1) is 19.0. The highest BCUT2D eigenvalue weighted by Crippen LogP contribution is 2.29. The monoisotopic (exact) mass is 524 g/mol. The Balaban J connectivity index is 1.29. The standard InChI is InChI=1S/C29H24N4O6/c1-18-7-3-8-19(15-18)26-30-28(38-32-26)21-10-4-11-22(16-21)29-31-27(33-39-29)20-9-5-12-23(17-20)37-25(35)14-6-13-24(34)36-2/h3-5,7-12,15-17H,6,13-14H2,1-2H3. The van der Waals surface area contributed by atoms with Gasteiger partial charge in [0.15, 0.2) is 0 Å². The van der Waals surface area contributed by atoms with Gasteiger partial charge in [-0.2, -0.15) is 9.97 Å². The van der Waals surface area contributed by atoms with E-state index in [4.69, 9.17) is 13.8 Å². The van der Waals surface area contributed by atoms with Crippen molar-refractivity contribution in [3.63, 3.8) is 0 Å². The lowest BCUT2D eigenvalue weighted by Crippen LogP contribution is -2.09. The van der Waals surface area contributed by atoms with Crippen molar-refractivity contribution in [2.24, 2.45) is 0 Å². The summed E-state index contributed by atoms with van der Waals surface area (Å²) in [5.74, 6) is 1.02. The highest BCUT2D eigenvalue weighted by molar-refractivity contribution is 5.75. The average Bonchev–Trinajstić information content (AvgIpc) is 3.64. The molecule has 0 unspecified atom stereocenters. The summed E-state index contributed by atoms with van der Waals surface area (Å²) in [4.78, 5) is 32.4. The lowest BCUT2D eigenvalue weighted by molar-refractivity contribution is -0.141. The summed E-state index contributed by atoms with van der Waals surface area (Å²) in [5.41, 5.74) is 3.97. The molecule has 0 N–H and O–H groups in total. The van der Waals surface area contributed by atoms with Crippen LogP contribution in [0.5, 0.6) is 5.75 Å². The van der Waals surface area contributed by atoms with Crippen LogP contribution in [0.3, 0.4) is 0 Å². The van der Waals surface area contributed by atoms with Crippen LogP contribution in [0, 0.1) is 6.92 Å². The van der Waals surface area contributed by atoms with E-state index in [1.165, 1.54) is 7.11 Å². The predicted octanol–water partition coefficient (Wildman–Crippen LogP) is 5.68. The number of aromatic nitrogens is 4. The molecule has 196 valence electrons. The first kappa shape index (κ1) is 25.5. The molecule has 0 atom stereocenters. The van der Waals surface area contributed by atoms with Gasteiger partial charge in [-0.3, -0.25) is 9.59 Å². The number of rotatable bonds is 9. The van der Waals surface area contributed by atoms with Gasteiger partial charge < -0.3 is 18.5 Å². The van der Waals surface area contributed by atoms with E-state index in [2.05, 4.69) is 25.0 Å². The maximum Gasteiger partial charge on any atom is 0.311 e. The van der Waals surface area contributed by atoms with Crippen LogP contribution in [0.15, 0.2) is 81.8 Å². The fourth-order valence-corrected chi connectivity index (χ4v) is 3.85. The minimum Gasteiger partial charge on any atom is -0.469 e. The summed E-state index contributed by atoms with van der Waals surface area (Å²) in [6.07, 6.45) is 0.586. The summed E-state index contributed by atoms with van der Waals surface area (Å²) in [6, 6.07) is 22.1. The van der Waals surface area contributed by atoms with E-state index >= 15 is 0 Å². The number of carbonyl (C=O) groups excluding carboxylic acids is 2. The number of hydrogen-bond acceptors (Lipinski definition) is 10. The Hall–Kier alpha value is -5.12. The zero-order chi connectivity index (χ0) is 27.2. The van der Waals surface area contributed by atoms with Crippen LogP contribution in [0.4, 0.5) is 0 Å². The lowest BCUT2D eigenvalue weighted by Gasteiger charge is -2.05. The molecular formula is C29H24N4O6. The van der Waals surface area contributed by atoms with Crippen molar-refractivity contribution in [3.8, 4) is 51.4 Å². The largest absolute Gasteiger partial charge is 0.469 e. The second-order valence-corrected chi connectivity index (χ2v) is 8.73. The number of methoxy groups -OCH3 is 1. The number of ether oxygens (including phenoxy) is 2. The van der Waals surface area contributed by atoms with Crippen LogP contribution in [-0.2, 0) is 14.3 Å². The third-order valence-electron chi connectivity index (χ3n) is 5.80. The fraction of sp³-hybridized carbons (Fsp3) is 0.172. The van der Waals surface area contributed by atoms with Crippen molar-refractivity contribution in [3.05, 3.63) is 78.4 Å². The molecule has 5 rings (SSSR count). The lowest BCUT2D eigenvalue weighted by atomic mass is 10.1. The van der Waals surface area contributed by atoms with Gasteiger partial charge >= 0.3 is 11.9 Å². The van der Waals surface area contributed by atoms with Crippen LogP contribution in [0.1, 0.15) is 24.8 Å². The van der Waals surface area contributed by atoms with Crippen molar-refractivity contribution in [1.82, 2.24) is 20.3 Å². The summed E-state index contributed by atoms with van der Waals surface area (Å²) in [5, 5.41) is 8.20. The number of aryl methyl sites for hydroxylation is 1. The second-order valence-electron chi connectivity index (χ2n) is 8.73. The molecule has 0 saturated heterocycles. The maximum atomic E-state index is 12.1. The number of benzene rings is 3. The van der Waals surface area contributed by atoms with E-state index in [-0.39, 0.29) is 18.8 Å². The molecule has 2 aromatic heterocycles. The van der Waals surface area contributed by atoms with Gasteiger partial charge in [-0.15, -0.1) is 0 Å². The van der Waals surface area contributed by atoms with Crippen molar-refractivity contribution in [2.75, 3.05) is 7.11 Å². The van der Waals surface area contributed by atoms with E-state index in [1.807, 2.05) is 55.5 Å². The first-order valence-electron chi connectivity index (χ1n) is 12.2. The Labute approximate surface area is 223 Å². The van der Waals surface area contributed by atoms with Crippen molar-refractivity contribution < 1.29 is 28.1 Å². The third-order valence-corrected chi connectivity index (χ3v) is 5.80. The zero-order valence-electron chi connectivity index (χ0n) is 21.3. The number of nitrogens with zero attached hydrogens (tertiary/aromatic N) is 4. The maximum absolute atomic E-state index is 12.1. The fourth-order valence-electron chi connectivity index (χ4n) is 3.85. The predicted molar refractivity (Wildman–Crippen MR) is 140 cm³/mol. The normalized spacial score (nSPS) is 10.8. The van der Waals surface area contributed by atoms with Gasteiger partial charge in [-0.25, -0.2) is 0 Å². The highest BCUT2D eigenvalue weighted by atomic mass is 16.5. The van der Waals surface area contributed by atoms with Gasteiger partial charge in [0.1, 0.15) is 5.75 Å². The van der Waals surface area contributed by atoms with E-state index in [0.29, 0.717) is 52.3 Å². The van der Waals surface area contributed by atoms with Gasteiger partial charge in [0.25, 0.3) is 11.8 Å². The van der Waals surface area contributed by atoms with Crippen LogP contribution >= 0.6 is 0 Å². The van der Waals surface area contributed by atoms with Crippen LogP contribution in [-0.4, -0.2) is 39.3 Å². The molecule has 0 radical (unpaired) electrons. The molecule has 0 fully saturated rings. The average molecular weight is 525 g/mol. The topological polar surface area (TPSA) is 130 Å². The van der Waals surface area contributed by atoms with E-state index < -0.39 is 5.97 Å². The minimum atomic E-state index is -0.451. The summed E-state index contributed by atoms with van der Waals surface area (Å²) < 4.78 is 21.0. The molecule has 39 heavy (non-hydrogen) atoms. The molecule has 2 heterocycles. The molecule has 10 heteroatoms. The third kappa shape index (κ3) is 6.24. The van der Waals surface area contributed by atoms with E-state index in [0.717, 1.165) is 11.1 Å². The minimum absolute atomic E-state index is 0.0918. The van der Waals surface area contributed by atoms with Gasteiger partial charge in [0, 0.05) is 35.1 Å². The molecule has 0 aliphatic carbocycles. The van der Waals surface area contributed by atoms with Gasteiger partial charge in [-0.1, -0.05) is 52.3 Å². The Morgan fingerprint density at radius 2 is 1.28 bits per heavy atom. The summed E-state index contributed by atoms with van der Waals surface area (Å²) in [6.45, 7) is 2.01.